The number of guanidine groups is 1. The van der Waals surface area contributed by atoms with Crippen LogP contribution >= 0.6 is 24.0 Å². The van der Waals surface area contributed by atoms with Crippen LogP contribution in [-0.2, 0) is 11.3 Å². The first-order chi connectivity index (χ1) is 14.4. The van der Waals surface area contributed by atoms with E-state index in [4.69, 9.17) is 0 Å². The summed E-state index contributed by atoms with van der Waals surface area (Å²) in [4.78, 5) is 22.6. The molecule has 0 aliphatic carbocycles. The summed E-state index contributed by atoms with van der Waals surface area (Å²) in [6.45, 7) is 2.54. The Morgan fingerprint density at radius 1 is 1.23 bits per heavy atom. The predicted molar refractivity (Wildman–Crippen MR) is 128 cm³/mol. The highest BCUT2D eigenvalue weighted by atomic mass is 127. The van der Waals surface area contributed by atoms with Gasteiger partial charge >= 0.3 is 6.61 Å². The van der Waals surface area contributed by atoms with Crippen LogP contribution in [0.5, 0.6) is 5.75 Å². The van der Waals surface area contributed by atoms with Gasteiger partial charge in [-0.1, -0.05) is 18.2 Å². The number of alkyl halides is 2. The fraction of sp³-hybridized carbons (Fsp3) is 0.381. The van der Waals surface area contributed by atoms with E-state index in [0.717, 1.165) is 11.1 Å². The maximum atomic E-state index is 12.2. The van der Waals surface area contributed by atoms with Crippen LogP contribution in [0.2, 0.25) is 0 Å². The molecule has 2 rings (SSSR count). The van der Waals surface area contributed by atoms with Crippen molar-refractivity contribution in [2.24, 2.45) is 4.99 Å². The minimum Gasteiger partial charge on any atom is -0.435 e. The number of hydrogen-bond acceptors (Lipinski definition) is 4. The van der Waals surface area contributed by atoms with Crippen molar-refractivity contribution in [3.8, 4) is 5.75 Å². The van der Waals surface area contributed by atoms with E-state index in [1.165, 1.54) is 12.1 Å². The number of anilines is 1. The fourth-order valence-electron chi connectivity index (χ4n) is 2.61. The molecule has 0 saturated heterocycles. The Bertz CT molecular complexity index is 833. The number of aliphatic imine (C=N–C) groups is 1. The summed E-state index contributed by atoms with van der Waals surface area (Å²) >= 11 is 0. The van der Waals surface area contributed by atoms with Gasteiger partial charge in [-0.25, -0.2) is 4.98 Å². The lowest BCUT2D eigenvalue weighted by molar-refractivity contribution is -0.116. The number of aromatic nitrogens is 1. The first-order valence-corrected chi connectivity index (χ1v) is 9.63. The number of halogens is 3. The molecule has 0 aliphatic rings. The van der Waals surface area contributed by atoms with Crippen LogP contribution in [0.15, 0.2) is 47.6 Å². The Morgan fingerprint density at radius 2 is 1.94 bits per heavy atom. The van der Waals surface area contributed by atoms with Gasteiger partial charge in [0.2, 0.25) is 5.91 Å². The zero-order valence-electron chi connectivity index (χ0n) is 17.8. The second-order valence-electron chi connectivity index (χ2n) is 6.63. The molecule has 170 valence electrons. The van der Waals surface area contributed by atoms with Gasteiger partial charge < -0.3 is 20.3 Å². The average Bonchev–Trinajstić information content (AvgIpc) is 2.70. The number of nitrogens with one attached hydrogen (secondary N) is 2. The van der Waals surface area contributed by atoms with Crippen molar-refractivity contribution in [1.82, 2.24) is 15.2 Å². The SMILES string of the molecule is CCNC(=NCCC(=O)Nc1ccc(C)cn1)N(C)Cc1ccc(OC(F)F)cc1.I. The number of pyridine rings is 1. The summed E-state index contributed by atoms with van der Waals surface area (Å²) in [5.74, 6) is 1.11. The van der Waals surface area contributed by atoms with Gasteiger partial charge in [-0.3, -0.25) is 9.79 Å². The Morgan fingerprint density at radius 3 is 2.52 bits per heavy atom. The summed E-state index contributed by atoms with van der Waals surface area (Å²) in [6, 6.07) is 10.1. The van der Waals surface area contributed by atoms with Gasteiger partial charge in [0.15, 0.2) is 5.96 Å². The molecule has 0 radical (unpaired) electrons. The van der Waals surface area contributed by atoms with Crippen molar-refractivity contribution >= 4 is 41.7 Å². The van der Waals surface area contributed by atoms with E-state index in [1.807, 2.05) is 31.9 Å². The number of ether oxygens (including phenoxy) is 1. The number of nitrogens with zero attached hydrogens (tertiary/aromatic N) is 3. The molecule has 0 bridgehead atoms. The van der Waals surface area contributed by atoms with Crippen molar-refractivity contribution in [3.63, 3.8) is 0 Å². The highest BCUT2D eigenvalue weighted by molar-refractivity contribution is 14.0. The molecule has 2 N–H and O–H groups in total. The van der Waals surface area contributed by atoms with Crippen LogP contribution in [0.1, 0.15) is 24.5 Å². The molecule has 1 aromatic carbocycles. The topological polar surface area (TPSA) is 78.8 Å². The first kappa shape index (κ1) is 26.5. The largest absolute Gasteiger partial charge is 0.435 e. The van der Waals surface area contributed by atoms with Crippen molar-refractivity contribution < 1.29 is 18.3 Å². The van der Waals surface area contributed by atoms with Crippen LogP contribution in [0, 0.1) is 6.92 Å². The summed E-state index contributed by atoms with van der Waals surface area (Å²) in [5, 5.41) is 5.92. The van der Waals surface area contributed by atoms with Crippen LogP contribution in [0.3, 0.4) is 0 Å². The lowest BCUT2D eigenvalue weighted by atomic mass is 10.2. The van der Waals surface area contributed by atoms with Crippen molar-refractivity contribution in [2.75, 3.05) is 25.5 Å². The molecule has 10 heteroatoms. The molecule has 1 amide bonds. The van der Waals surface area contributed by atoms with E-state index in [1.54, 1.807) is 24.4 Å². The monoisotopic (exact) mass is 547 g/mol. The molecule has 2 aromatic rings. The third-order valence-corrected chi connectivity index (χ3v) is 4.04. The number of carbonyl (C=O) groups excluding carboxylic acids is 1. The molecular weight excluding hydrogens is 519 g/mol. The van der Waals surface area contributed by atoms with E-state index < -0.39 is 6.61 Å². The second kappa shape index (κ2) is 13.7. The predicted octanol–water partition coefficient (Wildman–Crippen LogP) is 4.04. The molecule has 0 aliphatic heterocycles. The van der Waals surface area contributed by atoms with E-state index in [-0.39, 0.29) is 42.1 Å². The summed E-state index contributed by atoms with van der Waals surface area (Å²) in [7, 11) is 1.86. The zero-order chi connectivity index (χ0) is 21.9. The normalized spacial score (nSPS) is 11.0. The summed E-state index contributed by atoms with van der Waals surface area (Å²) in [5.41, 5.74) is 1.93. The van der Waals surface area contributed by atoms with Crippen molar-refractivity contribution in [1.29, 1.82) is 0 Å². The molecular formula is C21H28F2IN5O2. The Labute approximate surface area is 198 Å². The Kier molecular flexibility index (Phi) is 11.8. The summed E-state index contributed by atoms with van der Waals surface area (Å²) in [6.07, 6.45) is 1.91. The molecule has 7 nitrogen and oxygen atoms in total. The third-order valence-electron chi connectivity index (χ3n) is 4.04. The van der Waals surface area contributed by atoms with Gasteiger partial charge in [0.05, 0.1) is 6.54 Å². The second-order valence-corrected chi connectivity index (χ2v) is 6.63. The standard InChI is InChI=1S/C21H27F2N5O2.HI/c1-4-24-21(25-12-11-19(29)27-18-10-5-15(2)13-26-18)28(3)14-16-6-8-17(9-7-16)30-20(22)23;/h5-10,13,20H,4,11-12,14H2,1-3H3,(H,24,25)(H,26,27,29);1H. The van der Waals surface area contributed by atoms with Crippen LogP contribution in [-0.4, -0.2) is 48.5 Å². The number of rotatable bonds is 9. The number of carbonyl (C=O) groups is 1. The third kappa shape index (κ3) is 9.90. The minimum absolute atomic E-state index is 0. The zero-order valence-corrected chi connectivity index (χ0v) is 20.1. The molecule has 0 unspecified atom stereocenters. The molecule has 1 heterocycles. The van der Waals surface area contributed by atoms with Gasteiger partial charge in [-0.2, -0.15) is 8.78 Å². The van der Waals surface area contributed by atoms with E-state index in [0.29, 0.717) is 31.4 Å². The van der Waals surface area contributed by atoms with E-state index >= 15 is 0 Å². The lowest BCUT2D eigenvalue weighted by Crippen LogP contribution is -2.38. The Hall–Kier alpha value is -2.50. The lowest BCUT2D eigenvalue weighted by Gasteiger charge is -2.22. The Balaban J connectivity index is 0.00000480. The maximum Gasteiger partial charge on any atom is 0.387 e. The molecule has 0 atom stereocenters. The number of amides is 1. The molecule has 0 saturated carbocycles. The first-order valence-electron chi connectivity index (χ1n) is 9.63. The van der Waals surface area contributed by atoms with Gasteiger partial charge in [0, 0.05) is 32.8 Å². The molecule has 0 spiro atoms. The highest BCUT2D eigenvalue weighted by Gasteiger charge is 2.09. The van der Waals surface area contributed by atoms with Crippen LogP contribution in [0.25, 0.3) is 0 Å². The van der Waals surface area contributed by atoms with Crippen molar-refractivity contribution in [3.05, 3.63) is 53.7 Å². The fourth-order valence-corrected chi connectivity index (χ4v) is 2.61. The molecule has 31 heavy (non-hydrogen) atoms. The van der Waals surface area contributed by atoms with Gasteiger partial charge in [-0.05, 0) is 43.2 Å². The highest BCUT2D eigenvalue weighted by Crippen LogP contribution is 2.15. The minimum atomic E-state index is -2.84. The van der Waals surface area contributed by atoms with Crippen molar-refractivity contribution in [2.45, 2.75) is 33.4 Å². The quantitative estimate of drug-likeness (QED) is 0.282. The van der Waals surface area contributed by atoms with Crippen LogP contribution < -0.4 is 15.4 Å². The van der Waals surface area contributed by atoms with Gasteiger partial charge in [0.25, 0.3) is 0 Å². The van der Waals surface area contributed by atoms with Gasteiger partial charge in [-0.15, -0.1) is 24.0 Å². The smallest absolute Gasteiger partial charge is 0.387 e. The summed E-state index contributed by atoms with van der Waals surface area (Å²) < 4.78 is 28.9. The average molecular weight is 547 g/mol. The maximum absolute atomic E-state index is 12.2. The van der Waals surface area contributed by atoms with Gasteiger partial charge in [0.1, 0.15) is 11.6 Å². The van der Waals surface area contributed by atoms with E-state index in [2.05, 4.69) is 25.3 Å². The van der Waals surface area contributed by atoms with E-state index in [9.17, 15) is 13.6 Å². The number of benzene rings is 1. The number of aryl methyl sites for hydroxylation is 1. The number of hydrogen-bond donors (Lipinski definition) is 2. The molecule has 1 aromatic heterocycles. The molecule has 0 fully saturated rings. The van der Waals surface area contributed by atoms with Crippen LogP contribution in [0.4, 0.5) is 14.6 Å².